The maximum absolute atomic E-state index is 2.34. The van der Waals surface area contributed by atoms with Gasteiger partial charge in [-0.05, 0) is 13.8 Å². The Balaban J connectivity index is 0.000000810. The van der Waals surface area contributed by atoms with Gasteiger partial charge in [0.05, 0.1) is 13.1 Å². The molecule has 0 aromatic carbocycles. The van der Waals surface area contributed by atoms with E-state index in [9.17, 15) is 0 Å². The van der Waals surface area contributed by atoms with Crippen LogP contribution in [-0.4, -0.2) is 42.0 Å². The van der Waals surface area contributed by atoms with Gasteiger partial charge in [0.15, 0.2) is 0 Å². The number of rotatable bonds is 2. The minimum absolute atomic E-state index is 0. The van der Waals surface area contributed by atoms with Gasteiger partial charge in [-0.1, -0.05) is 0 Å². The maximum Gasteiger partial charge on any atom is 0.234 e. The Labute approximate surface area is 68.9 Å². The van der Waals surface area contributed by atoms with Crippen molar-refractivity contribution >= 4 is 6.34 Å². The van der Waals surface area contributed by atoms with Crippen molar-refractivity contribution in [3.63, 3.8) is 0 Å². The van der Waals surface area contributed by atoms with E-state index in [0.29, 0.717) is 0 Å². The Morgan fingerprint density at radius 3 is 2.50 bits per heavy atom. The molecule has 0 saturated carbocycles. The molecular formula is C7H15ClN2. The van der Waals surface area contributed by atoms with Gasteiger partial charge >= 0.3 is 0 Å². The second-order valence-electron chi connectivity index (χ2n) is 2.37. The zero-order chi connectivity index (χ0) is 6.69. The molecule has 1 aliphatic heterocycles. The van der Waals surface area contributed by atoms with E-state index < -0.39 is 0 Å². The summed E-state index contributed by atoms with van der Waals surface area (Å²) in [6.07, 6.45) is 2.22. The number of hydrogen-bond acceptors (Lipinski definition) is 1. The summed E-state index contributed by atoms with van der Waals surface area (Å²) >= 11 is 0. The molecule has 0 aliphatic carbocycles. The van der Waals surface area contributed by atoms with Crippen molar-refractivity contribution in [1.82, 2.24) is 4.90 Å². The lowest BCUT2D eigenvalue weighted by Crippen LogP contribution is -3.00. The van der Waals surface area contributed by atoms with Gasteiger partial charge in [-0.3, -0.25) is 9.48 Å². The molecule has 0 N–H and O–H groups in total. The molecule has 2 nitrogen and oxygen atoms in total. The lowest BCUT2D eigenvalue weighted by Gasteiger charge is -1.98. The van der Waals surface area contributed by atoms with E-state index >= 15 is 0 Å². The molecule has 1 heterocycles. The first-order valence-corrected chi connectivity index (χ1v) is 3.70. The highest BCUT2D eigenvalue weighted by atomic mass is 35.5. The van der Waals surface area contributed by atoms with Crippen molar-refractivity contribution < 1.29 is 17.0 Å². The molecule has 10 heavy (non-hydrogen) atoms. The van der Waals surface area contributed by atoms with Crippen LogP contribution in [0, 0.1) is 0 Å². The van der Waals surface area contributed by atoms with Crippen LogP contribution in [0.25, 0.3) is 0 Å². The third-order valence-corrected chi connectivity index (χ3v) is 1.81. The molecule has 0 saturated heterocycles. The first kappa shape index (κ1) is 9.76. The molecule has 60 valence electrons. The second-order valence-corrected chi connectivity index (χ2v) is 2.37. The quantitative estimate of drug-likeness (QED) is 0.404. The monoisotopic (exact) mass is 162 g/mol. The van der Waals surface area contributed by atoms with E-state index in [-0.39, 0.29) is 12.4 Å². The second kappa shape index (κ2) is 4.56. The van der Waals surface area contributed by atoms with Gasteiger partial charge in [-0.2, -0.15) is 0 Å². The normalized spacial score (nSPS) is 16.6. The summed E-state index contributed by atoms with van der Waals surface area (Å²) in [6.45, 7) is 9.10. The van der Waals surface area contributed by atoms with Gasteiger partial charge in [0.25, 0.3) is 0 Å². The highest BCUT2D eigenvalue weighted by molar-refractivity contribution is 5.50. The van der Waals surface area contributed by atoms with Gasteiger partial charge in [-0.25, -0.2) is 0 Å². The SMILES string of the molecule is CCN1C=[N+](CC)CC1.[Cl-]. The van der Waals surface area contributed by atoms with Gasteiger partial charge in [0.2, 0.25) is 6.34 Å². The average Bonchev–Trinajstić information content (AvgIpc) is 2.34. The third-order valence-electron chi connectivity index (χ3n) is 1.81. The molecule has 1 aliphatic rings. The van der Waals surface area contributed by atoms with Crippen molar-refractivity contribution in [2.45, 2.75) is 13.8 Å². The molecule has 0 aromatic heterocycles. The van der Waals surface area contributed by atoms with Crippen molar-refractivity contribution in [3.8, 4) is 0 Å². The van der Waals surface area contributed by atoms with Crippen LogP contribution in [0.3, 0.4) is 0 Å². The summed E-state index contributed by atoms with van der Waals surface area (Å²) in [7, 11) is 0. The van der Waals surface area contributed by atoms with Crippen LogP contribution in [0.5, 0.6) is 0 Å². The Morgan fingerprint density at radius 2 is 2.20 bits per heavy atom. The summed E-state index contributed by atoms with van der Waals surface area (Å²) in [5, 5.41) is 0. The molecule has 0 bridgehead atoms. The fourth-order valence-corrected chi connectivity index (χ4v) is 1.08. The lowest BCUT2D eigenvalue weighted by atomic mass is 10.5. The topological polar surface area (TPSA) is 6.25 Å². The molecule has 0 atom stereocenters. The molecule has 0 unspecified atom stereocenters. The van der Waals surface area contributed by atoms with E-state index in [1.807, 2.05) is 0 Å². The average molecular weight is 163 g/mol. The zero-order valence-electron chi connectivity index (χ0n) is 6.68. The highest BCUT2D eigenvalue weighted by Crippen LogP contribution is 1.91. The summed E-state index contributed by atoms with van der Waals surface area (Å²) in [5.74, 6) is 0. The molecule has 0 amide bonds. The predicted octanol–water partition coefficient (Wildman–Crippen LogP) is -2.61. The van der Waals surface area contributed by atoms with Gasteiger partial charge in [0.1, 0.15) is 13.1 Å². The Kier molecular flexibility index (Phi) is 4.45. The van der Waals surface area contributed by atoms with Crippen molar-refractivity contribution in [3.05, 3.63) is 0 Å². The smallest absolute Gasteiger partial charge is 0.234 e. The minimum atomic E-state index is 0. The first-order valence-electron chi connectivity index (χ1n) is 3.70. The predicted molar refractivity (Wildman–Crippen MR) is 39.0 cm³/mol. The largest absolute Gasteiger partial charge is 1.00 e. The van der Waals surface area contributed by atoms with Crippen LogP contribution >= 0.6 is 0 Å². The fourth-order valence-electron chi connectivity index (χ4n) is 1.08. The zero-order valence-corrected chi connectivity index (χ0v) is 7.43. The molecule has 0 aromatic rings. The molecule has 1 rings (SSSR count). The minimum Gasteiger partial charge on any atom is -1.00 e. The van der Waals surface area contributed by atoms with Crippen molar-refractivity contribution in [1.29, 1.82) is 0 Å². The van der Waals surface area contributed by atoms with E-state index in [1.54, 1.807) is 0 Å². The van der Waals surface area contributed by atoms with Crippen LogP contribution in [0.15, 0.2) is 0 Å². The van der Waals surface area contributed by atoms with Crippen LogP contribution < -0.4 is 12.4 Å². The van der Waals surface area contributed by atoms with Gasteiger partial charge in [-0.15, -0.1) is 0 Å². The number of halogens is 1. The van der Waals surface area contributed by atoms with Crippen molar-refractivity contribution in [2.75, 3.05) is 26.2 Å². The maximum atomic E-state index is 2.34. The van der Waals surface area contributed by atoms with E-state index in [0.717, 1.165) is 13.1 Å². The third kappa shape index (κ3) is 2.18. The van der Waals surface area contributed by atoms with Crippen molar-refractivity contribution in [2.24, 2.45) is 0 Å². The van der Waals surface area contributed by atoms with Crippen LogP contribution in [0.2, 0.25) is 0 Å². The van der Waals surface area contributed by atoms with Gasteiger partial charge < -0.3 is 12.4 Å². The molecule has 0 radical (unpaired) electrons. The number of hydrogen-bond donors (Lipinski definition) is 0. The van der Waals surface area contributed by atoms with E-state index in [4.69, 9.17) is 0 Å². The molecule has 0 spiro atoms. The molecular weight excluding hydrogens is 148 g/mol. The number of likely N-dealkylation sites (N-methyl/N-ethyl adjacent to an activating group) is 2. The highest BCUT2D eigenvalue weighted by Gasteiger charge is 2.14. The van der Waals surface area contributed by atoms with E-state index in [2.05, 4.69) is 29.7 Å². The van der Waals surface area contributed by atoms with Crippen LogP contribution in [0.1, 0.15) is 13.8 Å². The summed E-state index contributed by atoms with van der Waals surface area (Å²) in [6, 6.07) is 0. The Hall–Kier alpha value is -0.240. The summed E-state index contributed by atoms with van der Waals surface area (Å²) in [5.41, 5.74) is 0. The lowest BCUT2D eigenvalue weighted by molar-refractivity contribution is -0.510. The van der Waals surface area contributed by atoms with E-state index in [1.165, 1.54) is 13.1 Å². The fraction of sp³-hybridized carbons (Fsp3) is 0.857. The van der Waals surface area contributed by atoms with Gasteiger partial charge in [0, 0.05) is 0 Å². The van der Waals surface area contributed by atoms with Crippen LogP contribution in [0.4, 0.5) is 0 Å². The standard InChI is InChI=1S/C7H15N2.ClH/c1-3-8-5-6-9(4-2)7-8;/h7H,3-6H2,1-2H3;1H/q+1;/p-1. The summed E-state index contributed by atoms with van der Waals surface area (Å²) in [4.78, 5) is 2.34. The molecule has 0 fully saturated rings. The Morgan fingerprint density at radius 1 is 1.50 bits per heavy atom. The Bertz CT molecular complexity index is 123. The van der Waals surface area contributed by atoms with Crippen LogP contribution in [-0.2, 0) is 0 Å². The number of nitrogens with zero attached hydrogens (tertiary/aromatic N) is 2. The molecule has 3 heteroatoms. The first-order chi connectivity index (χ1) is 4.36. The summed E-state index contributed by atoms with van der Waals surface area (Å²) < 4.78 is 2.34.